The van der Waals surface area contributed by atoms with Crippen LogP contribution in [0.4, 0.5) is 17.6 Å². The number of benzene rings is 1. The predicted molar refractivity (Wildman–Crippen MR) is 64.2 cm³/mol. The van der Waals surface area contributed by atoms with Crippen LogP contribution in [0.2, 0.25) is 0 Å². The van der Waals surface area contributed by atoms with Gasteiger partial charge < -0.3 is 0 Å². The number of hydrogen-bond donors (Lipinski definition) is 0. The van der Waals surface area contributed by atoms with Gasteiger partial charge in [0.25, 0.3) is 0 Å². The number of fused-ring (bicyclic) bond motifs is 1. The molecule has 2 aromatic rings. The molecule has 0 amide bonds. The number of rotatable bonds is 2. The van der Waals surface area contributed by atoms with Gasteiger partial charge in [0.05, 0.1) is 11.1 Å². The second-order valence-electron chi connectivity index (χ2n) is 3.76. The maximum absolute atomic E-state index is 13.3. The standard InChI is InChI=1S/C12H8BrF4N/c13-4-3-8-2-1-7-5-10(14)9(12(15,16)17)6-11(7)18-8/h1-2,5-6H,3-4H2. The maximum atomic E-state index is 13.3. The fourth-order valence-electron chi connectivity index (χ4n) is 1.64. The van der Waals surface area contributed by atoms with E-state index in [0.717, 1.165) is 12.1 Å². The SMILES string of the molecule is Fc1cc2ccc(CCBr)nc2cc1C(F)(F)F. The minimum atomic E-state index is -4.70. The molecule has 0 atom stereocenters. The van der Waals surface area contributed by atoms with Crippen molar-refractivity contribution in [3.63, 3.8) is 0 Å². The number of aromatic nitrogens is 1. The van der Waals surface area contributed by atoms with Gasteiger partial charge in [-0.3, -0.25) is 4.98 Å². The zero-order valence-corrected chi connectivity index (χ0v) is 10.6. The van der Waals surface area contributed by atoms with Gasteiger partial charge in [0, 0.05) is 16.4 Å². The first kappa shape index (κ1) is 13.3. The van der Waals surface area contributed by atoms with Crippen molar-refractivity contribution in [1.29, 1.82) is 0 Å². The van der Waals surface area contributed by atoms with Crippen LogP contribution < -0.4 is 0 Å². The van der Waals surface area contributed by atoms with Gasteiger partial charge >= 0.3 is 6.18 Å². The summed E-state index contributed by atoms with van der Waals surface area (Å²) in [6, 6.07) is 4.87. The van der Waals surface area contributed by atoms with Crippen molar-refractivity contribution in [2.75, 3.05) is 5.33 Å². The summed E-state index contributed by atoms with van der Waals surface area (Å²) >= 11 is 3.23. The van der Waals surface area contributed by atoms with Gasteiger partial charge in [-0.15, -0.1) is 0 Å². The molecular formula is C12H8BrF4N. The summed E-state index contributed by atoms with van der Waals surface area (Å²) in [4.78, 5) is 4.08. The molecule has 1 aromatic carbocycles. The monoisotopic (exact) mass is 321 g/mol. The summed E-state index contributed by atoms with van der Waals surface area (Å²) in [7, 11) is 0. The Bertz CT molecular complexity index is 580. The van der Waals surface area contributed by atoms with Crippen LogP contribution in [0.1, 0.15) is 11.3 Å². The van der Waals surface area contributed by atoms with E-state index in [2.05, 4.69) is 20.9 Å². The molecular weight excluding hydrogens is 314 g/mol. The fourth-order valence-corrected chi connectivity index (χ4v) is 2.05. The second-order valence-corrected chi connectivity index (χ2v) is 4.56. The first-order valence-electron chi connectivity index (χ1n) is 5.14. The lowest BCUT2D eigenvalue weighted by atomic mass is 10.1. The topological polar surface area (TPSA) is 12.9 Å². The van der Waals surface area contributed by atoms with Gasteiger partial charge in [-0.1, -0.05) is 22.0 Å². The summed E-state index contributed by atoms with van der Waals surface area (Å²) in [6.07, 6.45) is -4.10. The number of pyridine rings is 1. The molecule has 0 aliphatic rings. The van der Waals surface area contributed by atoms with Crippen molar-refractivity contribution in [3.05, 3.63) is 41.3 Å². The average Bonchev–Trinajstić information content (AvgIpc) is 2.27. The molecule has 0 saturated carbocycles. The van der Waals surface area contributed by atoms with Gasteiger partial charge in [-0.25, -0.2) is 4.39 Å². The van der Waals surface area contributed by atoms with E-state index in [1.165, 1.54) is 0 Å². The number of halogens is 5. The van der Waals surface area contributed by atoms with E-state index in [0.29, 0.717) is 22.8 Å². The molecule has 6 heteroatoms. The largest absolute Gasteiger partial charge is 0.419 e. The summed E-state index contributed by atoms with van der Waals surface area (Å²) in [5.74, 6) is -1.27. The van der Waals surface area contributed by atoms with Gasteiger partial charge in [-0.2, -0.15) is 13.2 Å². The lowest BCUT2D eigenvalue weighted by Crippen LogP contribution is -2.08. The van der Waals surface area contributed by atoms with Crippen LogP contribution in [-0.2, 0) is 12.6 Å². The molecule has 18 heavy (non-hydrogen) atoms. The predicted octanol–water partition coefficient (Wildman–Crippen LogP) is 4.33. The molecule has 0 saturated heterocycles. The summed E-state index contributed by atoms with van der Waals surface area (Å²) in [5.41, 5.74) is -0.459. The molecule has 0 fully saturated rings. The van der Waals surface area contributed by atoms with Crippen LogP contribution in [0.15, 0.2) is 24.3 Å². The Kier molecular flexibility index (Phi) is 3.56. The van der Waals surface area contributed by atoms with Gasteiger partial charge in [0.15, 0.2) is 0 Å². The van der Waals surface area contributed by atoms with Crippen molar-refractivity contribution in [2.24, 2.45) is 0 Å². The van der Waals surface area contributed by atoms with Crippen molar-refractivity contribution >= 4 is 26.8 Å². The summed E-state index contributed by atoms with van der Waals surface area (Å²) < 4.78 is 51.0. The zero-order valence-electron chi connectivity index (χ0n) is 9.06. The summed E-state index contributed by atoms with van der Waals surface area (Å²) in [6.45, 7) is 0. The quantitative estimate of drug-likeness (QED) is 0.592. The minimum absolute atomic E-state index is 0.155. The average molecular weight is 322 g/mol. The van der Waals surface area contributed by atoms with E-state index < -0.39 is 17.6 Å². The first-order chi connectivity index (χ1) is 8.41. The summed E-state index contributed by atoms with van der Waals surface area (Å²) in [5, 5.41) is 1.03. The van der Waals surface area contributed by atoms with Crippen molar-refractivity contribution in [2.45, 2.75) is 12.6 Å². The molecule has 1 heterocycles. The maximum Gasteiger partial charge on any atom is 0.419 e. The smallest absolute Gasteiger partial charge is 0.253 e. The Hall–Kier alpha value is -1.17. The highest BCUT2D eigenvalue weighted by Gasteiger charge is 2.34. The number of aryl methyl sites for hydroxylation is 1. The van der Waals surface area contributed by atoms with E-state index in [1.54, 1.807) is 12.1 Å². The molecule has 0 unspecified atom stereocenters. The minimum Gasteiger partial charge on any atom is -0.253 e. The van der Waals surface area contributed by atoms with Gasteiger partial charge in [0.2, 0.25) is 0 Å². The van der Waals surface area contributed by atoms with Crippen molar-refractivity contribution in [1.82, 2.24) is 4.98 Å². The zero-order chi connectivity index (χ0) is 13.3. The Balaban J connectivity index is 2.60. The Morgan fingerprint density at radius 1 is 1.17 bits per heavy atom. The molecule has 0 radical (unpaired) electrons. The molecule has 0 bridgehead atoms. The van der Waals surface area contributed by atoms with E-state index in [9.17, 15) is 17.6 Å². The molecule has 96 valence electrons. The van der Waals surface area contributed by atoms with Crippen LogP contribution in [0.3, 0.4) is 0 Å². The Morgan fingerprint density at radius 3 is 2.50 bits per heavy atom. The normalized spacial score (nSPS) is 12.1. The fraction of sp³-hybridized carbons (Fsp3) is 0.250. The highest BCUT2D eigenvalue weighted by molar-refractivity contribution is 9.09. The van der Waals surface area contributed by atoms with Crippen LogP contribution in [-0.4, -0.2) is 10.3 Å². The molecule has 0 N–H and O–H groups in total. The van der Waals surface area contributed by atoms with Crippen molar-refractivity contribution in [3.8, 4) is 0 Å². The van der Waals surface area contributed by atoms with Crippen molar-refractivity contribution < 1.29 is 17.6 Å². The lowest BCUT2D eigenvalue weighted by Gasteiger charge is -2.09. The van der Waals surface area contributed by atoms with E-state index in [1.807, 2.05) is 0 Å². The van der Waals surface area contributed by atoms with E-state index in [-0.39, 0.29) is 5.52 Å². The number of hydrogen-bond acceptors (Lipinski definition) is 1. The first-order valence-corrected chi connectivity index (χ1v) is 6.26. The molecule has 0 aliphatic carbocycles. The number of alkyl halides is 4. The van der Waals surface area contributed by atoms with E-state index >= 15 is 0 Å². The van der Waals surface area contributed by atoms with Gasteiger partial charge in [-0.05, 0) is 24.6 Å². The van der Waals surface area contributed by atoms with E-state index in [4.69, 9.17) is 0 Å². The Labute approximate surface area is 109 Å². The third-order valence-corrected chi connectivity index (χ3v) is 2.89. The van der Waals surface area contributed by atoms with Gasteiger partial charge in [0.1, 0.15) is 5.82 Å². The highest BCUT2D eigenvalue weighted by atomic mass is 79.9. The Morgan fingerprint density at radius 2 is 1.89 bits per heavy atom. The third kappa shape index (κ3) is 2.63. The molecule has 0 spiro atoms. The molecule has 1 aromatic heterocycles. The number of nitrogens with zero attached hydrogens (tertiary/aromatic N) is 1. The molecule has 1 nitrogen and oxygen atoms in total. The van der Waals surface area contributed by atoms with Crippen LogP contribution in [0.5, 0.6) is 0 Å². The van der Waals surface area contributed by atoms with Crippen LogP contribution in [0.25, 0.3) is 10.9 Å². The molecule has 2 rings (SSSR count). The highest BCUT2D eigenvalue weighted by Crippen LogP contribution is 2.33. The van der Waals surface area contributed by atoms with Crippen LogP contribution >= 0.6 is 15.9 Å². The third-order valence-electron chi connectivity index (χ3n) is 2.49. The lowest BCUT2D eigenvalue weighted by molar-refractivity contribution is -0.139. The van der Waals surface area contributed by atoms with Crippen LogP contribution in [0, 0.1) is 5.82 Å². The molecule has 0 aliphatic heterocycles. The second kappa shape index (κ2) is 4.84.